The van der Waals surface area contributed by atoms with Crippen LogP contribution in [0, 0.1) is 5.92 Å². The van der Waals surface area contributed by atoms with Gasteiger partial charge in [0, 0.05) is 12.6 Å². The highest BCUT2D eigenvalue weighted by Crippen LogP contribution is 2.18. The molecule has 1 unspecified atom stereocenters. The standard InChI is InChI=1S/C18H24FN3O6/c1-4-14(24)20-11-6-5-7-22(18(11)28)16(10(2)3)17(27)21-12(8-15(25)26)13(23)9-19/h5-7,10,12,16H,4,8-9H2,1-3H3,(H,20,24)(H,21,27)(H,25,26)/t12?,16-/m0/s1. The van der Waals surface area contributed by atoms with E-state index in [1.54, 1.807) is 20.8 Å². The number of aromatic nitrogens is 1. The van der Waals surface area contributed by atoms with E-state index in [9.17, 15) is 28.4 Å². The zero-order valence-electron chi connectivity index (χ0n) is 15.9. The molecule has 0 spiro atoms. The second kappa shape index (κ2) is 10.3. The van der Waals surface area contributed by atoms with Crippen molar-refractivity contribution in [2.75, 3.05) is 12.0 Å². The summed E-state index contributed by atoms with van der Waals surface area (Å²) in [6.07, 6.45) is 0.725. The Kier molecular flexibility index (Phi) is 8.49. The number of carbonyl (C=O) groups excluding carboxylic acids is 3. The van der Waals surface area contributed by atoms with Crippen LogP contribution in [-0.2, 0) is 19.2 Å². The Morgan fingerprint density at radius 1 is 1.25 bits per heavy atom. The maximum Gasteiger partial charge on any atom is 0.305 e. The minimum absolute atomic E-state index is 0.0188. The van der Waals surface area contributed by atoms with Crippen molar-refractivity contribution in [3.8, 4) is 0 Å². The number of nitrogens with zero attached hydrogens (tertiary/aromatic N) is 1. The zero-order valence-corrected chi connectivity index (χ0v) is 15.9. The van der Waals surface area contributed by atoms with Crippen LogP contribution in [0.2, 0.25) is 0 Å². The van der Waals surface area contributed by atoms with Crippen molar-refractivity contribution < 1.29 is 28.7 Å². The molecule has 3 N–H and O–H groups in total. The number of anilines is 1. The fourth-order valence-corrected chi connectivity index (χ4v) is 2.58. The van der Waals surface area contributed by atoms with Crippen LogP contribution in [0.25, 0.3) is 0 Å². The largest absolute Gasteiger partial charge is 0.481 e. The Morgan fingerprint density at radius 2 is 1.89 bits per heavy atom. The van der Waals surface area contributed by atoms with E-state index in [4.69, 9.17) is 5.11 Å². The first kappa shape index (κ1) is 23.0. The Morgan fingerprint density at radius 3 is 2.39 bits per heavy atom. The van der Waals surface area contributed by atoms with Gasteiger partial charge in [0.2, 0.25) is 11.8 Å². The van der Waals surface area contributed by atoms with Gasteiger partial charge in [-0.2, -0.15) is 0 Å². The Hall–Kier alpha value is -3.04. The molecule has 0 aliphatic carbocycles. The summed E-state index contributed by atoms with van der Waals surface area (Å²) in [6, 6.07) is 0.211. The van der Waals surface area contributed by atoms with Gasteiger partial charge in [0.1, 0.15) is 24.4 Å². The average Bonchev–Trinajstić information content (AvgIpc) is 2.62. The molecule has 0 saturated heterocycles. The second-order valence-electron chi connectivity index (χ2n) is 6.48. The molecule has 0 fully saturated rings. The molecule has 0 saturated carbocycles. The number of hydrogen-bond donors (Lipinski definition) is 3. The van der Waals surface area contributed by atoms with Crippen molar-refractivity contribution >= 4 is 29.3 Å². The number of carboxylic acids is 1. The summed E-state index contributed by atoms with van der Waals surface area (Å²) in [5.41, 5.74) is -0.653. The topological polar surface area (TPSA) is 135 Å². The monoisotopic (exact) mass is 397 g/mol. The number of alkyl halides is 1. The lowest BCUT2D eigenvalue weighted by atomic mass is 10.0. The lowest BCUT2D eigenvalue weighted by Crippen LogP contribution is -2.48. The zero-order chi connectivity index (χ0) is 21.4. The minimum Gasteiger partial charge on any atom is -0.481 e. The fourth-order valence-electron chi connectivity index (χ4n) is 2.58. The summed E-state index contributed by atoms with van der Waals surface area (Å²) < 4.78 is 13.8. The normalized spacial score (nSPS) is 12.9. The number of amides is 2. The number of pyridine rings is 1. The number of Topliss-reactive ketones (excluding diaryl/α,β-unsaturated/α-hetero) is 1. The molecule has 2 amide bonds. The number of hydrogen-bond acceptors (Lipinski definition) is 5. The highest BCUT2D eigenvalue weighted by atomic mass is 19.1. The summed E-state index contributed by atoms with van der Waals surface area (Å²) in [5.74, 6) is -4.07. The van der Waals surface area contributed by atoms with E-state index in [1.807, 2.05) is 0 Å². The molecule has 0 radical (unpaired) electrons. The van der Waals surface area contributed by atoms with Crippen LogP contribution in [0.15, 0.2) is 23.1 Å². The van der Waals surface area contributed by atoms with Gasteiger partial charge in [-0.3, -0.25) is 24.0 Å². The van der Waals surface area contributed by atoms with Gasteiger partial charge in [-0.05, 0) is 18.1 Å². The number of rotatable bonds is 10. The van der Waals surface area contributed by atoms with Gasteiger partial charge in [-0.1, -0.05) is 20.8 Å². The van der Waals surface area contributed by atoms with Crippen LogP contribution < -0.4 is 16.2 Å². The first-order valence-corrected chi connectivity index (χ1v) is 8.74. The van der Waals surface area contributed by atoms with Crippen molar-refractivity contribution in [2.24, 2.45) is 5.92 Å². The van der Waals surface area contributed by atoms with Crippen molar-refractivity contribution in [2.45, 2.75) is 45.7 Å². The molecule has 0 aliphatic heterocycles. The molecule has 1 aromatic rings. The van der Waals surface area contributed by atoms with Gasteiger partial charge in [0.15, 0.2) is 5.78 Å². The molecule has 10 heteroatoms. The predicted octanol–water partition coefficient (Wildman–Crippen LogP) is 0.892. The smallest absolute Gasteiger partial charge is 0.305 e. The SMILES string of the molecule is CCC(=O)Nc1cccn([C@H](C(=O)NC(CC(=O)O)C(=O)CF)C(C)C)c1=O. The van der Waals surface area contributed by atoms with Gasteiger partial charge in [-0.25, -0.2) is 4.39 Å². The van der Waals surface area contributed by atoms with Crippen LogP contribution in [0.1, 0.15) is 39.7 Å². The van der Waals surface area contributed by atoms with Crippen LogP contribution in [0.3, 0.4) is 0 Å². The van der Waals surface area contributed by atoms with E-state index in [2.05, 4.69) is 10.6 Å². The lowest BCUT2D eigenvalue weighted by Gasteiger charge is -2.25. The summed E-state index contributed by atoms with van der Waals surface area (Å²) in [7, 11) is 0. The minimum atomic E-state index is -1.55. The summed E-state index contributed by atoms with van der Waals surface area (Å²) >= 11 is 0. The van der Waals surface area contributed by atoms with E-state index in [-0.39, 0.29) is 18.0 Å². The number of carbonyl (C=O) groups is 4. The molecule has 0 bridgehead atoms. The van der Waals surface area contributed by atoms with E-state index in [0.29, 0.717) is 0 Å². The number of nitrogens with one attached hydrogen (secondary N) is 2. The number of halogens is 1. The fraction of sp³-hybridized carbons (Fsp3) is 0.500. The van der Waals surface area contributed by atoms with Crippen molar-refractivity contribution in [1.82, 2.24) is 9.88 Å². The van der Waals surface area contributed by atoms with Gasteiger partial charge >= 0.3 is 5.97 Å². The maximum absolute atomic E-state index is 12.7. The van der Waals surface area contributed by atoms with E-state index in [1.165, 1.54) is 18.3 Å². The molecular weight excluding hydrogens is 373 g/mol. The summed E-state index contributed by atoms with van der Waals surface area (Å²) in [6.45, 7) is 3.49. The van der Waals surface area contributed by atoms with E-state index >= 15 is 0 Å². The number of aliphatic carboxylic acids is 1. The maximum atomic E-state index is 12.7. The first-order valence-electron chi connectivity index (χ1n) is 8.74. The van der Waals surface area contributed by atoms with Gasteiger partial charge < -0.3 is 20.3 Å². The van der Waals surface area contributed by atoms with Crippen LogP contribution >= 0.6 is 0 Å². The molecule has 1 rings (SSSR count). The summed E-state index contributed by atoms with van der Waals surface area (Å²) in [4.78, 5) is 59.5. The van der Waals surface area contributed by atoms with E-state index in [0.717, 1.165) is 4.57 Å². The number of ketones is 1. The molecular formula is C18H24FN3O6. The second-order valence-corrected chi connectivity index (χ2v) is 6.48. The molecule has 0 aliphatic rings. The van der Waals surface area contributed by atoms with Crippen LogP contribution in [-0.4, -0.2) is 46.0 Å². The third kappa shape index (κ3) is 6.00. The molecule has 9 nitrogen and oxygen atoms in total. The van der Waals surface area contributed by atoms with Crippen molar-refractivity contribution in [1.29, 1.82) is 0 Å². The molecule has 28 heavy (non-hydrogen) atoms. The summed E-state index contributed by atoms with van der Waals surface area (Å²) in [5, 5.41) is 13.5. The lowest BCUT2D eigenvalue weighted by molar-refractivity contribution is -0.140. The van der Waals surface area contributed by atoms with E-state index < -0.39 is 54.3 Å². The van der Waals surface area contributed by atoms with Crippen molar-refractivity contribution in [3.63, 3.8) is 0 Å². The van der Waals surface area contributed by atoms with Gasteiger partial charge in [-0.15, -0.1) is 0 Å². The molecule has 1 heterocycles. The third-order valence-electron chi connectivity index (χ3n) is 3.99. The molecule has 1 aromatic heterocycles. The predicted molar refractivity (Wildman–Crippen MR) is 98.7 cm³/mol. The highest BCUT2D eigenvalue weighted by molar-refractivity contribution is 5.93. The Balaban J connectivity index is 3.23. The van der Waals surface area contributed by atoms with Gasteiger partial charge in [0.25, 0.3) is 5.56 Å². The first-order chi connectivity index (χ1) is 13.1. The number of carboxylic acid groups (broad SMARTS) is 1. The quantitative estimate of drug-likeness (QED) is 0.537. The molecule has 2 atom stereocenters. The van der Waals surface area contributed by atoms with Crippen LogP contribution in [0.5, 0.6) is 0 Å². The van der Waals surface area contributed by atoms with Crippen molar-refractivity contribution in [3.05, 3.63) is 28.7 Å². The van der Waals surface area contributed by atoms with Gasteiger partial charge in [0.05, 0.1) is 6.42 Å². The Labute approximate surface area is 160 Å². The molecule has 154 valence electrons. The average molecular weight is 397 g/mol. The molecule has 0 aromatic carbocycles. The third-order valence-corrected chi connectivity index (χ3v) is 3.99. The highest BCUT2D eigenvalue weighted by Gasteiger charge is 2.30. The Bertz CT molecular complexity index is 805. The van der Waals surface area contributed by atoms with Crippen LogP contribution in [0.4, 0.5) is 10.1 Å².